The number of amides is 1. The van der Waals surface area contributed by atoms with E-state index in [2.05, 4.69) is 26.1 Å². The minimum atomic E-state index is -3.61. The van der Waals surface area contributed by atoms with E-state index in [1.807, 2.05) is 44.2 Å². The molecule has 0 saturated carbocycles. The molecule has 2 aromatic rings. The van der Waals surface area contributed by atoms with Crippen LogP contribution in [0.4, 0.5) is 11.4 Å². The highest BCUT2D eigenvalue weighted by atomic mass is 79.9. The summed E-state index contributed by atoms with van der Waals surface area (Å²) in [5.74, 6) is -0.175. The third kappa shape index (κ3) is 5.22. The highest BCUT2D eigenvalue weighted by Crippen LogP contribution is 2.32. The summed E-state index contributed by atoms with van der Waals surface area (Å²) < 4.78 is 28.3. The number of benzene rings is 2. The molecule has 0 aliphatic carbocycles. The summed E-state index contributed by atoms with van der Waals surface area (Å²) in [5, 5.41) is 2.96. The number of hydrogen-bond donors (Lipinski definition) is 1. The van der Waals surface area contributed by atoms with Crippen LogP contribution in [0, 0.1) is 0 Å². The van der Waals surface area contributed by atoms with Crippen molar-refractivity contribution in [2.45, 2.75) is 38.0 Å². The Balaban J connectivity index is 1.92. The van der Waals surface area contributed by atoms with Gasteiger partial charge in [-0.2, -0.15) is 4.31 Å². The molecule has 0 radical (unpaired) electrons. The maximum atomic E-state index is 13.0. The SMILES string of the molecule is CCN(CC)S(=O)(=O)c1ccc(N2CCCC2)c(NC(=O)Cc2cccc(Br)c2)c1. The zero-order valence-electron chi connectivity index (χ0n) is 17.4. The Kier molecular flexibility index (Phi) is 7.55. The van der Waals surface area contributed by atoms with E-state index in [0.29, 0.717) is 18.8 Å². The van der Waals surface area contributed by atoms with Crippen LogP contribution in [0.3, 0.4) is 0 Å². The van der Waals surface area contributed by atoms with Gasteiger partial charge < -0.3 is 10.2 Å². The molecule has 0 unspecified atom stereocenters. The lowest BCUT2D eigenvalue weighted by Crippen LogP contribution is -2.31. The predicted molar refractivity (Wildman–Crippen MR) is 124 cm³/mol. The lowest BCUT2D eigenvalue weighted by Gasteiger charge is -2.24. The number of hydrogen-bond acceptors (Lipinski definition) is 4. The summed E-state index contributed by atoms with van der Waals surface area (Å²) in [6, 6.07) is 12.7. The Morgan fingerprint density at radius 3 is 2.43 bits per heavy atom. The fourth-order valence-electron chi connectivity index (χ4n) is 3.75. The van der Waals surface area contributed by atoms with Crippen molar-refractivity contribution in [1.29, 1.82) is 0 Å². The van der Waals surface area contributed by atoms with Gasteiger partial charge in [0.25, 0.3) is 0 Å². The van der Waals surface area contributed by atoms with E-state index < -0.39 is 10.0 Å². The van der Waals surface area contributed by atoms with Crippen molar-refractivity contribution in [3.63, 3.8) is 0 Å². The molecule has 1 heterocycles. The first kappa shape index (κ1) is 22.8. The van der Waals surface area contributed by atoms with Gasteiger partial charge in [0.05, 0.1) is 22.7 Å². The van der Waals surface area contributed by atoms with Gasteiger partial charge >= 0.3 is 0 Å². The molecule has 1 saturated heterocycles. The second-order valence-electron chi connectivity index (χ2n) is 7.32. The molecule has 1 aliphatic rings. The molecule has 2 aromatic carbocycles. The highest BCUT2D eigenvalue weighted by molar-refractivity contribution is 9.10. The second kappa shape index (κ2) is 9.94. The maximum absolute atomic E-state index is 13.0. The number of carbonyl (C=O) groups excluding carboxylic acids is 1. The minimum Gasteiger partial charge on any atom is -0.370 e. The van der Waals surface area contributed by atoms with Crippen molar-refractivity contribution in [2.24, 2.45) is 0 Å². The van der Waals surface area contributed by atoms with E-state index in [-0.39, 0.29) is 17.2 Å². The number of sulfonamides is 1. The molecular weight excluding hydrogens is 466 g/mol. The fraction of sp³-hybridized carbons (Fsp3) is 0.409. The number of halogens is 1. The van der Waals surface area contributed by atoms with Crippen molar-refractivity contribution in [3.8, 4) is 0 Å². The average molecular weight is 494 g/mol. The molecule has 6 nitrogen and oxygen atoms in total. The van der Waals surface area contributed by atoms with Crippen molar-refractivity contribution >= 4 is 43.2 Å². The topological polar surface area (TPSA) is 69.7 Å². The van der Waals surface area contributed by atoms with Crippen LogP contribution in [0.1, 0.15) is 32.3 Å². The summed E-state index contributed by atoms with van der Waals surface area (Å²) in [6.07, 6.45) is 2.39. The van der Waals surface area contributed by atoms with Gasteiger partial charge in [-0.25, -0.2) is 8.42 Å². The highest BCUT2D eigenvalue weighted by Gasteiger charge is 2.25. The van der Waals surface area contributed by atoms with E-state index in [9.17, 15) is 13.2 Å². The van der Waals surface area contributed by atoms with Crippen molar-refractivity contribution in [2.75, 3.05) is 36.4 Å². The molecule has 30 heavy (non-hydrogen) atoms. The number of anilines is 2. The predicted octanol–water partition coefficient (Wildman–Crippen LogP) is 4.26. The average Bonchev–Trinajstić information content (AvgIpc) is 3.23. The van der Waals surface area contributed by atoms with Gasteiger partial charge in [-0.1, -0.05) is 41.9 Å². The number of nitrogens with one attached hydrogen (secondary N) is 1. The van der Waals surface area contributed by atoms with Gasteiger partial charge in [-0.05, 0) is 48.7 Å². The van der Waals surface area contributed by atoms with Crippen LogP contribution in [0.5, 0.6) is 0 Å². The third-order valence-corrected chi connectivity index (χ3v) is 7.82. The van der Waals surface area contributed by atoms with E-state index in [0.717, 1.165) is 41.7 Å². The molecule has 8 heteroatoms. The summed E-state index contributed by atoms with van der Waals surface area (Å²) >= 11 is 3.42. The van der Waals surface area contributed by atoms with Crippen LogP contribution < -0.4 is 10.2 Å². The van der Waals surface area contributed by atoms with Gasteiger partial charge in [0.2, 0.25) is 15.9 Å². The zero-order valence-corrected chi connectivity index (χ0v) is 19.8. The Bertz CT molecular complexity index is 1000. The summed E-state index contributed by atoms with van der Waals surface area (Å²) in [5.41, 5.74) is 2.30. The van der Waals surface area contributed by atoms with E-state index in [1.54, 1.807) is 12.1 Å². The third-order valence-electron chi connectivity index (χ3n) is 5.29. The number of rotatable bonds is 8. The molecule has 0 aromatic heterocycles. The van der Waals surface area contributed by atoms with Crippen LogP contribution in [-0.2, 0) is 21.2 Å². The van der Waals surface area contributed by atoms with Crippen molar-refractivity contribution < 1.29 is 13.2 Å². The molecule has 162 valence electrons. The standard InChI is InChI=1S/C22H28BrN3O3S/c1-3-26(4-2)30(28,29)19-10-11-21(25-12-5-6-13-25)20(16-19)24-22(27)15-17-8-7-9-18(23)14-17/h7-11,14,16H,3-6,12-13,15H2,1-2H3,(H,24,27). The van der Waals surface area contributed by atoms with E-state index in [1.165, 1.54) is 4.31 Å². The molecular formula is C22H28BrN3O3S. The first-order valence-corrected chi connectivity index (χ1v) is 12.5. The van der Waals surface area contributed by atoms with Crippen LogP contribution in [0.15, 0.2) is 51.8 Å². The lowest BCUT2D eigenvalue weighted by molar-refractivity contribution is -0.115. The summed E-state index contributed by atoms with van der Waals surface area (Å²) in [6.45, 7) is 6.24. The second-order valence-corrected chi connectivity index (χ2v) is 10.2. The molecule has 1 aliphatic heterocycles. The Labute approximate surface area is 187 Å². The Morgan fingerprint density at radius 2 is 1.80 bits per heavy atom. The number of nitrogens with zero attached hydrogens (tertiary/aromatic N) is 2. The van der Waals surface area contributed by atoms with E-state index in [4.69, 9.17) is 0 Å². The molecule has 3 rings (SSSR count). The van der Waals surface area contributed by atoms with Gasteiger partial charge in [0, 0.05) is 30.7 Å². The summed E-state index contributed by atoms with van der Waals surface area (Å²) in [4.78, 5) is 15.2. The smallest absolute Gasteiger partial charge is 0.243 e. The lowest BCUT2D eigenvalue weighted by atomic mass is 10.1. The van der Waals surface area contributed by atoms with Crippen molar-refractivity contribution in [1.82, 2.24) is 4.31 Å². The Morgan fingerprint density at radius 1 is 1.10 bits per heavy atom. The van der Waals surface area contributed by atoms with Gasteiger partial charge in [-0.15, -0.1) is 0 Å². The molecule has 0 bridgehead atoms. The van der Waals surface area contributed by atoms with Crippen LogP contribution in [0.2, 0.25) is 0 Å². The maximum Gasteiger partial charge on any atom is 0.243 e. The van der Waals surface area contributed by atoms with Crippen LogP contribution in [0.25, 0.3) is 0 Å². The fourth-order valence-corrected chi connectivity index (χ4v) is 5.68. The summed E-state index contributed by atoms with van der Waals surface area (Å²) in [7, 11) is -3.61. The number of carbonyl (C=O) groups is 1. The minimum absolute atomic E-state index is 0.175. The zero-order chi connectivity index (χ0) is 21.7. The largest absolute Gasteiger partial charge is 0.370 e. The van der Waals surface area contributed by atoms with Gasteiger partial charge in [0.1, 0.15) is 0 Å². The molecule has 0 atom stereocenters. The van der Waals surface area contributed by atoms with Gasteiger partial charge in [-0.3, -0.25) is 4.79 Å². The molecule has 1 N–H and O–H groups in total. The molecule has 1 amide bonds. The molecule has 1 fully saturated rings. The van der Waals surface area contributed by atoms with Crippen molar-refractivity contribution in [3.05, 3.63) is 52.5 Å². The van der Waals surface area contributed by atoms with Crippen LogP contribution >= 0.6 is 15.9 Å². The quantitative estimate of drug-likeness (QED) is 0.596. The molecule has 0 spiro atoms. The normalized spacial score (nSPS) is 14.3. The Hall–Kier alpha value is -1.90. The first-order valence-electron chi connectivity index (χ1n) is 10.3. The van der Waals surface area contributed by atoms with Crippen LogP contribution in [-0.4, -0.2) is 44.8 Å². The van der Waals surface area contributed by atoms with E-state index >= 15 is 0 Å². The monoisotopic (exact) mass is 493 g/mol. The van der Waals surface area contributed by atoms with Gasteiger partial charge in [0.15, 0.2) is 0 Å². The first-order chi connectivity index (χ1) is 14.3.